The SMILES string of the molecule is CN[B-](C)C. The first-order valence-corrected chi connectivity index (χ1v) is 1.94. The van der Waals surface area contributed by atoms with Gasteiger partial charge in [-0.3, -0.25) is 0 Å². The van der Waals surface area contributed by atoms with E-state index in [2.05, 4.69) is 18.9 Å². The summed E-state index contributed by atoms with van der Waals surface area (Å²) in [5, 5.41) is 3.03. The maximum Gasteiger partial charge on any atom is -0.0551 e. The molecule has 0 bridgehead atoms. The summed E-state index contributed by atoms with van der Waals surface area (Å²) in [5.74, 6) is 0. The van der Waals surface area contributed by atoms with Crippen molar-refractivity contribution in [1.29, 1.82) is 0 Å². The molecule has 0 amide bonds. The molecule has 0 aliphatic heterocycles. The van der Waals surface area contributed by atoms with E-state index < -0.39 is 0 Å². The highest BCUT2D eigenvalue weighted by molar-refractivity contribution is 6.52. The van der Waals surface area contributed by atoms with Crippen LogP contribution >= 0.6 is 0 Å². The fraction of sp³-hybridized carbons (Fsp3) is 1.00. The van der Waals surface area contributed by atoms with Gasteiger partial charge in [-0.05, 0) is 0 Å². The Balaban J connectivity index is 2.54. The average molecular weight is 70.9 g/mol. The van der Waals surface area contributed by atoms with E-state index in [1.807, 2.05) is 7.05 Å². The van der Waals surface area contributed by atoms with Gasteiger partial charge in [0.05, 0.1) is 0 Å². The van der Waals surface area contributed by atoms with Gasteiger partial charge in [-0.15, -0.1) is 0 Å². The number of hydrogen-bond donors (Lipinski definition) is 1. The lowest BCUT2D eigenvalue weighted by Gasteiger charge is -2.08. The number of hydrogen-bond acceptors (Lipinski definition) is 1. The molecule has 1 radical (unpaired) electrons. The Labute approximate surface area is 33.9 Å². The normalized spacial score (nSPS) is 9.60. The summed E-state index contributed by atoms with van der Waals surface area (Å²) in [5.41, 5.74) is 0. The van der Waals surface area contributed by atoms with Gasteiger partial charge in [-0.2, -0.15) is 0 Å². The van der Waals surface area contributed by atoms with Crippen LogP contribution in [0.25, 0.3) is 0 Å². The minimum atomic E-state index is 0.634. The molecule has 0 aliphatic rings. The quantitative estimate of drug-likeness (QED) is 0.442. The van der Waals surface area contributed by atoms with Crippen molar-refractivity contribution < 1.29 is 0 Å². The fourth-order valence-corrected chi connectivity index (χ4v) is 0. The summed E-state index contributed by atoms with van der Waals surface area (Å²) < 4.78 is 0. The van der Waals surface area contributed by atoms with E-state index in [1.54, 1.807) is 0 Å². The average Bonchev–Trinajstić information content (AvgIpc) is 1.38. The zero-order chi connectivity index (χ0) is 4.28. The Kier molecular flexibility index (Phi) is 2.28. The summed E-state index contributed by atoms with van der Waals surface area (Å²) in [6, 6.07) is 0. The van der Waals surface area contributed by atoms with Gasteiger partial charge in [-0.25, -0.2) is 13.6 Å². The summed E-state index contributed by atoms with van der Waals surface area (Å²) in [6.45, 7) is 4.86. The lowest BCUT2D eigenvalue weighted by atomic mass is 9.69. The molecule has 0 heterocycles. The van der Waals surface area contributed by atoms with Gasteiger partial charge in [-0.1, -0.05) is 13.9 Å². The van der Waals surface area contributed by atoms with Crippen LogP contribution in [0.2, 0.25) is 13.6 Å². The van der Waals surface area contributed by atoms with E-state index in [4.69, 9.17) is 0 Å². The molecule has 5 heavy (non-hydrogen) atoms. The zero-order valence-corrected chi connectivity index (χ0v) is 4.08. The molecule has 1 N–H and O–H groups in total. The second-order valence-electron chi connectivity index (χ2n) is 1.44. The number of nitrogens with one attached hydrogen (secondary N) is 1. The minimum absolute atomic E-state index is 0.634. The second kappa shape index (κ2) is 2.27. The smallest absolute Gasteiger partial charge is 0.0551 e. The van der Waals surface area contributed by atoms with E-state index in [-0.39, 0.29) is 0 Å². The van der Waals surface area contributed by atoms with E-state index in [1.165, 1.54) is 0 Å². The van der Waals surface area contributed by atoms with Crippen LogP contribution in [0.5, 0.6) is 0 Å². The predicted molar refractivity (Wildman–Crippen MR) is 26.5 cm³/mol. The first kappa shape index (κ1) is 5.02. The van der Waals surface area contributed by atoms with Crippen LogP contribution in [0, 0.1) is 0 Å². The van der Waals surface area contributed by atoms with E-state index in [0.29, 0.717) is 6.85 Å². The summed E-state index contributed by atoms with van der Waals surface area (Å²) in [7, 11) is 1.95. The third kappa shape index (κ3) is 4.02. The minimum Gasteiger partial charge on any atom is -0.522 e. The molecule has 0 aromatic carbocycles. The second-order valence-corrected chi connectivity index (χ2v) is 1.44. The highest BCUT2D eigenvalue weighted by Gasteiger charge is 1.65. The molecule has 0 rings (SSSR count). The summed E-state index contributed by atoms with van der Waals surface area (Å²) in [6.07, 6.45) is 0. The van der Waals surface area contributed by atoms with Crippen molar-refractivity contribution in [2.45, 2.75) is 13.6 Å². The van der Waals surface area contributed by atoms with Crippen molar-refractivity contribution in [3.8, 4) is 0 Å². The van der Waals surface area contributed by atoms with Crippen molar-refractivity contribution in [1.82, 2.24) is 5.23 Å². The maximum atomic E-state index is 3.03. The molecule has 0 aromatic heterocycles. The van der Waals surface area contributed by atoms with Crippen LogP contribution in [-0.2, 0) is 0 Å². The van der Waals surface area contributed by atoms with Gasteiger partial charge >= 0.3 is 0 Å². The van der Waals surface area contributed by atoms with Crippen molar-refractivity contribution >= 4 is 6.85 Å². The lowest BCUT2D eigenvalue weighted by molar-refractivity contribution is 1.21. The Bertz CT molecular complexity index is 20.9. The Morgan fingerprint density at radius 3 is 1.60 bits per heavy atom. The van der Waals surface area contributed by atoms with Gasteiger partial charge in [0.25, 0.3) is 0 Å². The zero-order valence-electron chi connectivity index (χ0n) is 4.08. The third-order valence-corrected chi connectivity index (χ3v) is 0.577. The first-order valence-electron chi connectivity index (χ1n) is 1.94. The molecule has 0 aliphatic carbocycles. The molecule has 0 saturated heterocycles. The molecule has 0 saturated carbocycles. The molecule has 1 nitrogen and oxygen atoms in total. The molecule has 0 fully saturated rings. The fourth-order valence-electron chi connectivity index (χ4n) is 0. The van der Waals surface area contributed by atoms with Gasteiger partial charge in [0.15, 0.2) is 0 Å². The summed E-state index contributed by atoms with van der Waals surface area (Å²) in [4.78, 5) is 0. The highest BCUT2D eigenvalue weighted by Crippen LogP contribution is 1.62. The molecule has 0 atom stereocenters. The van der Waals surface area contributed by atoms with Crippen LogP contribution in [-0.4, -0.2) is 13.9 Å². The van der Waals surface area contributed by atoms with Gasteiger partial charge in [0, 0.05) is 0 Å². The first-order chi connectivity index (χ1) is 2.27. The van der Waals surface area contributed by atoms with Crippen LogP contribution in [0.4, 0.5) is 0 Å². The van der Waals surface area contributed by atoms with Crippen molar-refractivity contribution in [3.05, 3.63) is 0 Å². The highest BCUT2D eigenvalue weighted by atomic mass is 14.7. The van der Waals surface area contributed by atoms with Gasteiger partial charge in [0.2, 0.25) is 0 Å². The Hall–Kier alpha value is 0.0249. The van der Waals surface area contributed by atoms with E-state index >= 15 is 0 Å². The maximum absolute atomic E-state index is 3.03. The molecule has 0 aromatic rings. The monoisotopic (exact) mass is 71.1 g/mol. The van der Waals surface area contributed by atoms with Crippen molar-refractivity contribution in [3.63, 3.8) is 0 Å². The van der Waals surface area contributed by atoms with Gasteiger partial charge in [0.1, 0.15) is 0 Å². The molecular weight excluding hydrogens is 60.9 g/mol. The molecule has 2 heteroatoms. The van der Waals surface area contributed by atoms with Crippen LogP contribution < -0.4 is 5.23 Å². The van der Waals surface area contributed by atoms with Crippen LogP contribution in [0.3, 0.4) is 0 Å². The standard InChI is InChI=1S/C3H10BN/c1-4(2)5-3/h5H,1-3H3/q-1. The topological polar surface area (TPSA) is 12.0 Å². The molecular formula is C3H10BN-. The Morgan fingerprint density at radius 2 is 1.60 bits per heavy atom. The van der Waals surface area contributed by atoms with Gasteiger partial charge < -0.3 is 5.23 Å². The summed E-state index contributed by atoms with van der Waals surface area (Å²) >= 11 is 0. The third-order valence-electron chi connectivity index (χ3n) is 0.577. The number of rotatable bonds is 1. The van der Waals surface area contributed by atoms with Crippen molar-refractivity contribution in [2.24, 2.45) is 0 Å². The largest absolute Gasteiger partial charge is 0.522 e. The van der Waals surface area contributed by atoms with E-state index in [9.17, 15) is 0 Å². The molecule has 31 valence electrons. The predicted octanol–water partition coefficient (Wildman–Crippen LogP) is 0.457. The van der Waals surface area contributed by atoms with Crippen LogP contribution in [0.15, 0.2) is 0 Å². The lowest BCUT2D eigenvalue weighted by Crippen LogP contribution is -2.21. The van der Waals surface area contributed by atoms with Crippen molar-refractivity contribution in [2.75, 3.05) is 7.05 Å². The molecule has 0 spiro atoms. The van der Waals surface area contributed by atoms with E-state index in [0.717, 1.165) is 0 Å². The molecule has 0 unspecified atom stereocenters. The van der Waals surface area contributed by atoms with Crippen LogP contribution in [0.1, 0.15) is 0 Å². The Morgan fingerprint density at radius 1 is 1.40 bits per heavy atom.